The van der Waals surface area contributed by atoms with E-state index in [1.807, 2.05) is 60.7 Å². The second-order valence-electron chi connectivity index (χ2n) is 5.14. The lowest BCUT2D eigenvalue weighted by Crippen LogP contribution is -2.14. The maximum absolute atomic E-state index is 12.0. The fourth-order valence-corrected chi connectivity index (χ4v) is 2.79. The van der Waals surface area contributed by atoms with Gasteiger partial charge in [0.15, 0.2) is 0 Å². The van der Waals surface area contributed by atoms with Crippen LogP contribution in [-0.2, 0) is 4.79 Å². The first-order valence-corrected chi connectivity index (χ1v) is 6.98. The first kappa shape index (κ1) is 12.6. The zero-order valence-corrected chi connectivity index (χ0v) is 11.6. The molecule has 2 aromatic carbocycles. The summed E-state index contributed by atoms with van der Waals surface area (Å²) in [5.74, 6) is -1.10. The van der Waals surface area contributed by atoms with E-state index in [0.717, 1.165) is 22.4 Å². The minimum atomic E-state index is -0.585. The number of fused-ring (bicyclic) bond motifs is 1. The molecule has 0 saturated carbocycles. The molecular weight excluding hydrogens is 276 g/mol. The van der Waals surface area contributed by atoms with Crippen LogP contribution in [-0.4, -0.2) is 16.7 Å². The van der Waals surface area contributed by atoms with Gasteiger partial charge in [0.1, 0.15) is 5.69 Å². The van der Waals surface area contributed by atoms with E-state index in [-0.39, 0.29) is 0 Å². The number of anilines is 1. The van der Waals surface area contributed by atoms with Gasteiger partial charge in [0, 0.05) is 5.56 Å². The number of amides is 1. The molecule has 4 rings (SSSR count). The molecule has 0 unspecified atom stereocenters. The molecule has 0 radical (unpaired) electrons. The van der Waals surface area contributed by atoms with Crippen molar-refractivity contribution in [1.82, 2.24) is 4.98 Å². The van der Waals surface area contributed by atoms with Crippen LogP contribution in [0.3, 0.4) is 0 Å². The predicted molar refractivity (Wildman–Crippen MR) is 84.6 cm³/mol. The molecule has 0 spiro atoms. The van der Waals surface area contributed by atoms with Gasteiger partial charge in [0.25, 0.3) is 11.7 Å². The topological polar surface area (TPSA) is 62.0 Å². The summed E-state index contributed by atoms with van der Waals surface area (Å²) in [4.78, 5) is 26.7. The van der Waals surface area contributed by atoms with Crippen LogP contribution in [0.2, 0.25) is 0 Å². The summed E-state index contributed by atoms with van der Waals surface area (Å²) in [7, 11) is 0. The Kier molecular flexibility index (Phi) is 2.69. The average Bonchev–Trinajstić information content (AvgIpc) is 3.06. The number of hydrogen-bond donors (Lipinski definition) is 2. The van der Waals surface area contributed by atoms with Crippen molar-refractivity contribution in [2.45, 2.75) is 0 Å². The van der Waals surface area contributed by atoms with E-state index in [1.165, 1.54) is 0 Å². The molecule has 0 saturated heterocycles. The van der Waals surface area contributed by atoms with Gasteiger partial charge in [-0.3, -0.25) is 9.59 Å². The second-order valence-corrected chi connectivity index (χ2v) is 5.14. The Balaban J connectivity index is 2.01. The Bertz CT molecular complexity index is 880. The Morgan fingerprint density at radius 1 is 0.682 bits per heavy atom. The van der Waals surface area contributed by atoms with E-state index in [0.29, 0.717) is 11.4 Å². The van der Waals surface area contributed by atoms with Crippen molar-refractivity contribution < 1.29 is 9.59 Å². The standard InChI is InChI=1S/C18H12N2O2/c21-17-16-15(20-18(17)22)13(11-7-3-1-4-8-11)14(19-16)12-9-5-2-6-10-12/h1-10,19H,(H,20,21,22). The van der Waals surface area contributed by atoms with E-state index < -0.39 is 11.7 Å². The monoisotopic (exact) mass is 288 g/mol. The highest BCUT2D eigenvalue weighted by molar-refractivity contribution is 6.52. The number of Topliss-reactive ketones (excluding diaryl/α,β-unsaturated/α-hetero) is 1. The third-order valence-corrected chi connectivity index (χ3v) is 3.80. The Hall–Kier alpha value is -3.14. The minimum absolute atomic E-state index is 0.336. The van der Waals surface area contributed by atoms with Gasteiger partial charge >= 0.3 is 0 Å². The Labute approximate surface area is 126 Å². The molecule has 106 valence electrons. The third-order valence-electron chi connectivity index (χ3n) is 3.80. The van der Waals surface area contributed by atoms with Crippen molar-refractivity contribution in [2.24, 2.45) is 0 Å². The number of aromatic nitrogens is 1. The molecule has 1 amide bonds. The first-order chi connectivity index (χ1) is 10.8. The van der Waals surface area contributed by atoms with E-state index in [1.54, 1.807) is 0 Å². The van der Waals surface area contributed by atoms with Gasteiger partial charge in [-0.2, -0.15) is 0 Å². The molecule has 2 heterocycles. The van der Waals surface area contributed by atoms with E-state index >= 15 is 0 Å². The molecule has 1 aromatic heterocycles. The van der Waals surface area contributed by atoms with Gasteiger partial charge in [0.05, 0.1) is 11.4 Å². The predicted octanol–water partition coefficient (Wildman–Crippen LogP) is 3.48. The van der Waals surface area contributed by atoms with Crippen LogP contribution >= 0.6 is 0 Å². The van der Waals surface area contributed by atoms with Crippen LogP contribution in [0.15, 0.2) is 60.7 Å². The van der Waals surface area contributed by atoms with Crippen molar-refractivity contribution in [3.63, 3.8) is 0 Å². The van der Waals surface area contributed by atoms with Crippen LogP contribution in [0, 0.1) is 0 Å². The summed E-state index contributed by atoms with van der Waals surface area (Å²) >= 11 is 0. The summed E-state index contributed by atoms with van der Waals surface area (Å²) in [5.41, 5.74) is 4.51. The molecule has 4 heteroatoms. The summed E-state index contributed by atoms with van der Waals surface area (Å²) in [6.45, 7) is 0. The lowest BCUT2D eigenvalue weighted by atomic mass is 10.00. The normalized spacial score (nSPS) is 13.1. The molecule has 22 heavy (non-hydrogen) atoms. The van der Waals surface area contributed by atoms with Crippen LogP contribution < -0.4 is 5.32 Å². The molecule has 0 fully saturated rings. The van der Waals surface area contributed by atoms with Gasteiger partial charge in [-0.05, 0) is 11.1 Å². The van der Waals surface area contributed by atoms with Crippen LogP contribution in [0.1, 0.15) is 10.5 Å². The second kappa shape index (κ2) is 4.70. The lowest BCUT2D eigenvalue weighted by Gasteiger charge is -2.07. The summed E-state index contributed by atoms with van der Waals surface area (Å²) in [6, 6.07) is 19.5. The van der Waals surface area contributed by atoms with Crippen LogP contribution in [0.25, 0.3) is 22.4 Å². The van der Waals surface area contributed by atoms with E-state index in [9.17, 15) is 9.59 Å². The van der Waals surface area contributed by atoms with Crippen molar-refractivity contribution in [3.05, 3.63) is 66.4 Å². The maximum atomic E-state index is 12.0. The summed E-state index contributed by atoms with van der Waals surface area (Å²) in [5, 5.41) is 2.68. The van der Waals surface area contributed by atoms with Crippen molar-refractivity contribution >= 4 is 17.4 Å². The first-order valence-electron chi connectivity index (χ1n) is 6.98. The smallest absolute Gasteiger partial charge is 0.298 e. The third kappa shape index (κ3) is 1.78. The molecule has 0 bridgehead atoms. The zero-order chi connectivity index (χ0) is 15.1. The number of carbonyl (C=O) groups is 2. The van der Waals surface area contributed by atoms with E-state index in [2.05, 4.69) is 10.3 Å². The van der Waals surface area contributed by atoms with Gasteiger partial charge in [0.2, 0.25) is 0 Å². The fraction of sp³-hybridized carbons (Fsp3) is 0. The molecule has 0 aliphatic carbocycles. The van der Waals surface area contributed by atoms with Gasteiger partial charge < -0.3 is 10.3 Å². The number of rotatable bonds is 2. The SMILES string of the molecule is O=C1Nc2c([nH]c(-c3ccccc3)c2-c2ccccc2)C1=O. The maximum Gasteiger partial charge on any atom is 0.298 e. The molecule has 2 N–H and O–H groups in total. The van der Waals surface area contributed by atoms with Gasteiger partial charge in [-0.25, -0.2) is 0 Å². The highest BCUT2D eigenvalue weighted by Gasteiger charge is 2.34. The Morgan fingerprint density at radius 3 is 1.91 bits per heavy atom. The highest BCUT2D eigenvalue weighted by atomic mass is 16.2. The van der Waals surface area contributed by atoms with Crippen molar-refractivity contribution in [3.8, 4) is 22.4 Å². The number of H-pyrrole nitrogens is 1. The number of aromatic amines is 1. The molecule has 3 aromatic rings. The quantitative estimate of drug-likeness (QED) is 0.709. The summed E-state index contributed by atoms with van der Waals surface area (Å²) < 4.78 is 0. The average molecular weight is 288 g/mol. The number of ketones is 1. The van der Waals surface area contributed by atoms with Crippen molar-refractivity contribution in [1.29, 1.82) is 0 Å². The highest BCUT2D eigenvalue weighted by Crippen LogP contribution is 2.42. The molecule has 0 atom stereocenters. The largest absolute Gasteiger partial charge is 0.349 e. The Morgan fingerprint density at radius 2 is 1.27 bits per heavy atom. The molecule has 4 nitrogen and oxygen atoms in total. The zero-order valence-electron chi connectivity index (χ0n) is 11.6. The molecule has 1 aliphatic rings. The van der Waals surface area contributed by atoms with Crippen LogP contribution in [0.4, 0.5) is 5.69 Å². The van der Waals surface area contributed by atoms with Crippen LogP contribution in [0.5, 0.6) is 0 Å². The molecule has 1 aliphatic heterocycles. The molecular formula is C18H12N2O2. The number of carbonyl (C=O) groups excluding carboxylic acids is 2. The number of hydrogen-bond acceptors (Lipinski definition) is 2. The number of nitrogens with one attached hydrogen (secondary N) is 2. The van der Waals surface area contributed by atoms with E-state index in [4.69, 9.17) is 0 Å². The lowest BCUT2D eigenvalue weighted by molar-refractivity contribution is -0.112. The van der Waals surface area contributed by atoms with Crippen molar-refractivity contribution in [2.75, 3.05) is 5.32 Å². The fourth-order valence-electron chi connectivity index (χ4n) is 2.79. The number of benzene rings is 2. The summed E-state index contributed by atoms with van der Waals surface area (Å²) in [6.07, 6.45) is 0. The van der Waals surface area contributed by atoms with Gasteiger partial charge in [-0.15, -0.1) is 0 Å². The van der Waals surface area contributed by atoms with Gasteiger partial charge in [-0.1, -0.05) is 60.7 Å². The minimum Gasteiger partial charge on any atom is -0.349 e.